The first kappa shape index (κ1) is 6.66. The van der Waals surface area contributed by atoms with Crippen molar-refractivity contribution in [3.05, 3.63) is 12.3 Å². The zero-order valence-electron chi connectivity index (χ0n) is 5.90. The summed E-state index contributed by atoms with van der Waals surface area (Å²) in [4.78, 5) is 0. The minimum absolute atomic E-state index is 1.16. The highest BCUT2D eigenvalue weighted by Crippen LogP contribution is 2.04. The molecule has 0 unspecified atom stereocenters. The Kier molecular flexibility index (Phi) is 3.27. The summed E-state index contributed by atoms with van der Waals surface area (Å²) in [6.45, 7) is 1.16. The molecule has 0 amide bonds. The zero-order valence-corrected chi connectivity index (χ0v) is 5.90. The van der Waals surface area contributed by atoms with Crippen molar-refractivity contribution < 1.29 is 0 Å². The lowest BCUT2D eigenvalue weighted by molar-refractivity contribution is 0.642. The van der Waals surface area contributed by atoms with Crippen LogP contribution >= 0.6 is 0 Å². The standard InChI is InChI=1S/C8H15N/c1-2-4-6-8-9-7-5-3-1/h5,7,9H,1-4,6,8H2. The van der Waals surface area contributed by atoms with Crippen molar-refractivity contribution >= 4 is 0 Å². The normalized spacial score (nSPS) is 21.3. The molecule has 9 heavy (non-hydrogen) atoms. The Morgan fingerprint density at radius 2 is 1.89 bits per heavy atom. The van der Waals surface area contributed by atoms with Gasteiger partial charge in [-0.3, -0.25) is 0 Å². The lowest BCUT2D eigenvalue weighted by Gasteiger charge is -1.96. The summed E-state index contributed by atoms with van der Waals surface area (Å²) in [6.07, 6.45) is 11.1. The molecule has 0 aromatic rings. The van der Waals surface area contributed by atoms with Crippen LogP contribution < -0.4 is 5.32 Å². The Bertz CT molecular complexity index is 76.6. The molecule has 0 radical (unpaired) electrons. The fourth-order valence-corrected chi connectivity index (χ4v) is 1.09. The quantitative estimate of drug-likeness (QED) is 0.522. The third kappa shape index (κ3) is 3.17. The molecule has 0 atom stereocenters. The molecule has 1 heteroatoms. The van der Waals surface area contributed by atoms with Crippen molar-refractivity contribution in [2.75, 3.05) is 6.54 Å². The van der Waals surface area contributed by atoms with E-state index in [1.165, 1.54) is 32.1 Å². The Hall–Kier alpha value is -0.460. The third-order valence-electron chi connectivity index (χ3n) is 1.68. The average molecular weight is 125 g/mol. The summed E-state index contributed by atoms with van der Waals surface area (Å²) in [7, 11) is 0. The fraction of sp³-hybridized carbons (Fsp3) is 0.750. The van der Waals surface area contributed by atoms with Gasteiger partial charge < -0.3 is 5.32 Å². The summed E-state index contributed by atoms with van der Waals surface area (Å²) in [5.41, 5.74) is 0. The maximum absolute atomic E-state index is 3.25. The Labute approximate surface area is 57.1 Å². The van der Waals surface area contributed by atoms with Crippen LogP contribution in [0, 0.1) is 0 Å². The Morgan fingerprint density at radius 1 is 1.00 bits per heavy atom. The molecule has 0 aromatic heterocycles. The number of rotatable bonds is 0. The van der Waals surface area contributed by atoms with Crippen molar-refractivity contribution in [1.82, 2.24) is 5.32 Å². The second kappa shape index (κ2) is 4.42. The molecule has 0 saturated carbocycles. The van der Waals surface area contributed by atoms with Gasteiger partial charge in [0, 0.05) is 6.54 Å². The number of hydrogen-bond donors (Lipinski definition) is 1. The molecule has 1 rings (SSSR count). The molecule has 1 heterocycles. The first-order chi connectivity index (χ1) is 4.50. The van der Waals surface area contributed by atoms with Gasteiger partial charge >= 0.3 is 0 Å². The number of allylic oxidation sites excluding steroid dienone is 1. The van der Waals surface area contributed by atoms with Gasteiger partial charge in [-0.05, 0) is 25.5 Å². The molecule has 0 aromatic carbocycles. The smallest absolute Gasteiger partial charge is 0.0141 e. The van der Waals surface area contributed by atoms with Crippen molar-refractivity contribution in [2.24, 2.45) is 0 Å². The summed E-state index contributed by atoms with van der Waals surface area (Å²) in [6, 6.07) is 0. The van der Waals surface area contributed by atoms with Crippen molar-refractivity contribution in [1.29, 1.82) is 0 Å². The van der Waals surface area contributed by atoms with E-state index in [9.17, 15) is 0 Å². The monoisotopic (exact) mass is 125 g/mol. The summed E-state index contributed by atoms with van der Waals surface area (Å²) >= 11 is 0. The van der Waals surface area contributed by atoms with E-state index < -0.39 is 0 Å². The molecule has 1 nitrogen and oxygen atoms in total. The first-order valence-corrected chi connectivity index (χ1v) is 3.88. The van der Waals surface area contributed by atoms with Gasteiger partial charge in [-0.15, -0.1) is 0 Å². The van der Waals surface area contributed by atoms with Crippen LogP contribution in [0.2, 0.25) is 0 Å². The Morgan fingerprint density at radius 3 is 2.89 bits per heavy atom. The van der Waals surface area contributed by atoms with E-state index in [0.717, 1.165) is 6.54 Å². The minimum atomic E-state index is 1.16. The van der Waals surface area contributed by atoms with E-state index in [-0.39, 0.29) is 0 Å². The van der Waals surface area contributed by atoms with Crippen LogP contribution in [0.4, 0.5) is 0 Å². The maximum Gasteiger partial charge on any atom is 0.0141 e. The molecule has 1 aliphatic rings. The second-order valence-corrected chi connectivity index (χ2v) is 2.56. The van der Waals surface area contributed by atoms with Crippen LogP contribution in [0.5, 0.6) is 0 Å². The van der Waals surface area contributed by atoms with Gasteiger partial charge in [0.25, 0.3) is 0 Å². The van der Waals surface area contributed by atoms with E-state index in [2.05, 4.69) is 17.6 Å². The van der Waals surface area contributed by atoms with E-state index >= 15 is 0 Å². The zero-order chi connectivity index (χ0) is 6.36. The van der Waals surface area contributed by atoms with Crippen LogP contribution in [0.15, 0.2) is 12.3 Å². The molecule has 1 N–H and O–H groups in total. The van der Waals surface area contributed by atoms with E-state index in [1.54, 1.807) is 0 Å². The van der Waals surface area contributed by atoms with Gasteiger partial charge in [0.2, 0.25) is 0 Å². The van der Waals surface area contributed by atoms with Gasteiger partial charge in [-0.2, -0.15) is 0 Å². The summed E-state index contributed by atoms with van der Waals surface area (Å²) in [5.74, 6) is 0. The molecule has 0 spiro atoms. The van der Waals surface area contributed by atoms with Crippen LogP contribution in [0.3, 0.4) is 0 Å². The van der Waals surface area contributed by atoms with Crippen LogP contribution in [0.25, 0.3) is 0 Å². The minimum Gasteiger partial charge on any atom is -0.391 e. The van der Waals surface area contributed by atoms with E-state index in [1.807, 2.05) is 0 Å². The predicted molar refractivity (Wildman–Crippen MR) is 40.2 cm³/mol. The molecule has 52 valence electrons. The number of nitrogens with one attached hydrogen (secondary N) is 1. The van der Waals surface area contributed by atoms with Crippen molar-refractivity contribution in [2.45, 2.75) is 32.1 Å². The average Bonchev–Trinajstić information content (AvgIpc) is 2.00. The fourth-order valence-electron chi connectivity index (χ4n) is 1.09. The van der Waals surface area contributed by atoms with E-state index in [0.29, 0.717) is 0 Å². The van der Waals surface area contributed by atoms with Crippen molar-refractivity contribution in [3.63, 3.8) is 0 Å². The van der Waals surface area contributed by atoms with Gasteiger partial charge in [0.05, 0.1) is 0 Å². The van der Waals surface area contributed by atoms with Gasteiger partial charge in [0.15, 0.2) is 0 Å². The van der Waals surface area contributed by atoms with Crippen molar-refractivity contribution in [3.8, 4) is 0 Å². The Balaban J connectivity index is 2.15. The topological polar surface area (TPSA) is 12.0 Å². The highest BCUT2D eigenvalue weighted by Gasteiger charge is 1.89. The molecule has 0 saturated heterocycles. The van der Waals surface area contributed by atoms with Gasteiger partial charge in [-0.25, -0.2) is 0 Å². The SMILES string of the molecule is C1=CNCCCCCC1. The van der Waals surface area contributed by atoms with Gasteiger partial charge in [-0.1, -0.05) is 18.9 Å². The second-order valence-electron chi connectivity index (χ2n) is 2.56. The predicted octanol–water partition coefficient (Wildman–Crippen LogP) is 2.05. The molecule has 0 aliphatic carbocycles. The molecular weight excluding hydrogens is 110 g/mol. The molecule has 0 fully saturated rings. The summed E-state index contributed by atoms with van der Waals surface area (Å²) < 4.78 is 0. The summed E-state index contributed by atoms with van der Waals surface area (Å²) in [5, 5.41) is 3.25. The highest BCUT2D eigenvalue weighted by atomic mass is 14.8. The van der Waals surface area contributed by atoms with Crippen LogP contribution in [-0.4, -0.2) is 6.54 Å². The largest absolute Gasteiger partial charge is 0.391 e. The molecular formula is C8H15N. The molecule has 0 bridgehead atoms. The lowest BCUT2D eigenvalue weighted by Crippen LogP contribution is -2.05. The first-order valence-electron chi connectivity index (χ1n) is 3.88. The highest BCUT2D eigenvalue weighted by molar-refractivity contribution is 4.80. The van der Waals surface area contributed by atoms with Gasteiger partial charge in [0.1, 0.15) is 0 Å². The number of hydrogen-bond acceptors (Lipinski definition) is 1. The van der Waals surface area contributed by atoms with Crippen LogP contribution in [0.1, 0.15) is 32.1 Å². The third-order valence-corrected chi connectivity index (χ3v) is 1.68. The van der Waals surface area contributed by atoms with Crippen LogP contribution in [-0.2, 0) is 0 Å². The maximum atomic E-state index is 3.25. The molecule has 1 aliphatic heterocycles. The van der Waals surface area contributed by atoms with E-state index in [4.69, 9.17) is 0 Å². The lowest BCUT2D eigenvalue weighted by atomic mass is 10.1.